The molecule has 1 aromatic heterocycles. The van der Waals surface area contributed by atoms with Crippen LogP contribution in [-0.2, 0) is 14.3 Å². The fourth-order valence-corrected chi connectivity index (χ4v) is 2.28. The van der Waals surface area contributed by atoms with Gasteiger partial charge in [-0.1, -0.05) is 0 Å². The number of aliphatic hydroxyl groups excluding tert-OH is 3. The number of Topliss-reactive ketones (excluding diaryl/α,β-unsaturated/α-hetero) is 1. The van der Waals surface area contributed by atoms with Gasteiger partial charge in [0.2, 0.25) is 5.91 Å². The molecule has 1 aromatic rings. The Labute approximate surface area is 136 Å². The number of carbonyl (C=O) groups is 2. The number of hydrogen-bond donors (Lipinski definition) is 4. The number of amides is 1. The van der Waals surface area contributed by atoms with E-state index in [0.717, 1.165) is 4.57 Å². The van der Waals surface area contributed by atoms with E-state index in [1.54, 1.807) is 0 Å². The number of aromatic nitrogens is 2. The van der Waals surface area contributed by atoms with Crippen molar-refractivity contribution in [2.75, 3.05) is 11.9 Å². The summed E-state index contributed by atoms with van der Waals surface area (Å²) in [6.45, 7) is 0.856. The summed E-state index contributed by atoms with van der Waals surface area (Å²) in [7, 11) is 0. The second-order valence-corrected chi connectivity index (χ2v) is 5.48. The number of ketones is 1. The molecule has 132 valence electrons. The van der Waals surface area contributed by atoms with Crippen molar-refractivity contribution in [3.8, 4) is 0 Å². The molecule has 0 aliphatic carbocycles. The first-order chi connectivity index (χ1) is 11.3. The van der Waals surface area contributed by atoms with Crippen LogP contribution in [0, 0.1) is 0 Å². The molecule has 0 unspecified atom stereocenters. The van der Waals surface area contributed by atoms with E-state index in [9.17, 15) is 24.6 Å². The Morgan fingerprint density at radius 2 is 2.04 bits per heavy atom. The average Bonchev–Trinajstić information content (AvgIpc) is 2.81. The Hall–Kier alpha value is -2.14. The molecule has 1 aliphatic heterocycles. The smallest absolute Gasteiger partial charge is 0.351 e. The van der Waals surface area contributed by atoms with Crippen LogP contribution < -0.4 is 11.0 Å². The van der Waals surface area contributed by atoms with E-state index in [2.05, 4.69) is 10.3 Å². The Morgan fingerprint density at radius 3 is 2.58 bits per heavy atom. The Bertz CT molecular complexity index is 675. The number of rotatable bonds is 6. The number of anilines is 1. The van der Waals surface area contributed by atoms with E-state index in [0.29, 0.717) is 0 Å². The van der Waals surface area contributed by atoms with Gasteiger partial charge in [0.05, 0.1) is 6.61 Å². The average molecular weight is 341 g/mol. The number of nitrogens with zero attached hydrogens (tertiary/aromatic N) is 2. The zero-order valence-corrected chi connectivity index (χ0v) is 13.0. The molecule has 4 N–H and O–H groups in total. The van der Waals surface area contributed by atoms with Gasteiger partial charge in [0, 0.05) is 19.0 Å². The summed E-state index contributed by atoms with van der Waals surface area (Å²) in [5.41, 5.74) is -0.811. The highest BCUT2D eigenvalue weighted by atomic mass is 16.6. The number of ether oxygens (including phenoxy) is 1. The highest BCUT2D eigenvalue weighted by Crippen LogP contribution is 2.28. The predicted molar refractivity (Wildman–Crippen MR) is 80.1 cm³/mol. The van der Waals surface area contributed by atoms with Crippen molar-refractivity contribution < 1.29 is 29.6 Å². The Morgan fingerprint density at radius 1 is 1.33 bits per heavy atom. The molecule has 1 fully saturated rings. The molecule has 10 heteroatoms. The summed E-state index contributed by atoms with van der Waals surface area (Å²) in [6.07, 6.45) is -3.63. The van der Waals surface area contributed by atoms with Crippen molar-refractivity contribution in [2.45, 2.75) is 44.3 Å². The molecular formula is C14H19N3O7. The zero-order chi connectivity index (χ0) is 17.9. The van der Waals surface area contributed by atoms with Gasteiger partial charge < -0.3 is 30.2 Å². The van der Waals surface area contributed by atoms with Crippen LogP contribution >= 0.6 is 0 Å². The minimum atomic E-state index is -1.40. The standard InChI is InChI=1S/C14H19N3O7/c1-7(19)2-3-10(20)15-9-4-5-17(14(23)16-9)13-12(22)11(21)8(6-18)24-13/h4-5,8,11-13,18,21-22H,2-3,6H2,1H3,(H,15,16,20,23)/t8-,11-,12-,13-/m1/s1. The second kappa shape index (κ2) is 7.62. The molecule has 0 radical (unpaired) electrons. The van der Waals surface area contributed by atoms with Crippen molar-refractivity contribution in [3.05, 3.63) is 22.7 Å². The third kappa shape index (κ3) is 4.03. The lowest BCUT2D eigenvalue weighted by atomic mass is 10.1. The SMILES string of the molecule is CC(=O)CCC(=O)Nc1ccn([C@@H]2O[C@H](CO)[C@@H](O)[C@H]2O)c(=O)n1. The van der Waals surface area contributed by atoms with Crippen molar-refractivity contribution >= 4 is 17.5 Å². The summed E-state index contributed by atoms with van der Waals surface area (Å²) < 4.78 is 6.19. The summed E-state index contributed by atoms with van der Waals surface area (Å²) in [4.78, 5) is 38.1. The summed E-state index contributed by atoms with van der Waals surface area (Å²) in [5.74, 6) is -0.586. The molecule has 1 aliphatic rings. The van der Waals surface area contributed by atoms with Gasteiger partial charge in [-0.25, -0.2) is 4.79 Å². The van der Waals surface area contributed by atoms with Crippen LogP contribution in [0.5, 0.6) is 0 Å². The molecule has 1 amide bonds. The third-order valence-corrected chi connectivity index (χ3v) is 3.59. The molecule has 10 nitrogen and oxygen atoms in total. The maximum atomic E-state index is 12.0. The molecule has 4 atom stereocenters. The predicted octanol–water partition coefficient (Wildman–Crippen LogP) is -1.84. The zero-order valence-electron chi connectivity index (χ0n) is 13.0. The Kier molecular flexibility index (Phi) is 5.78. The van der Waals surface area contributed by atoms with Crippen molar-refractivity contribution in [3.63, 3.8) is 0 Å². The maximum absolute atomic E-state index is 12.0. The van der Waals surface area contributed by atoms with Crippen LogP contribution in [0.2, 0.25) is 0 Å². The van der Waals surface area contributed by atoms with E-state index in [1.165, 1.54) is 19.2 Å². The van der Waals surface area contributed by atoms with Gasteiger partial charge in [-0.2, -0.15) is 4.98 Å². The minimum Gasteiger partial charge on any atom is -0.394 e. The Balaban J connectivity index is 2.09. The van der Waals surface area contributed by atoms with E-state index < -0.39 is 42.7 Å². The summed E-state index contributed by atoms with van der Waals surface area (Å²) >= 11 is 0. The second-order valence-electron chi connectivity index (χ2n) is 5.48. The van der Waals surface area contributed by atoms with Crippen molar-refractivity contribution in [1.29, 1.82) is 0 Å². The molecule has 0 aromatic carbocycles. The minimum absolute atomic E-state index is 0.00320. The van der Waals surface area contributed by atoms with Crippen LogP contribution in [0.3, 0.4) is 0 Å². The first-order valence-electron chi connectivity index (χ1n) is 7.34. The molecule has 24 heavy (non-hydrogen) atoms. The maximum Gasteiger partial charge on any atom is 0.351 e. The van der Waals surface area contributed by atoms with Crippen LogP contribution in [0.25, 0.3) is 0 Å². The largest absolute Gasteiger partial charge is 0.394 e. The van der Waals surface area contributed by atoms with Gasteiger partial charge in [0.15, 0.2) is 6.23 Å². The van der Waals surface area contributed by atoms with Gasteiger partial charge in [-0.3, -0.25) is 9.36 Å². The fraction of sp³-hybridized carbons (Fsp3) is 0.571. The molecule has 0 bridgehead atoms. The molecule has 0 spiro atoms. The summed E-state index contributed by atoms with van der Waals surface area (Å²) in [5, 5.41) is 31.0. The van der Waals surface area contributed by atoms with Crippen LogP contribution in [0.15, 0.2) is 17.1 Å². The van der Waals surface area contributed by atoms with Crippen molar-refractivity contribution in [1.82, 2.24) is 9.55 Å². The number of hydrogen-bond acceptors (Lipinski definition) is 8. The number of aliphatic hydroxyl groups is 3. The monoisotopic (exact) mass is 341 g/mol. The van der Waals surface area contributed by atoms with Crippen molar-refractivity contribution in [2.24, 2.45) is 0 Å². The first kappa shape index (κ1) is 18.2. The molecule has 2 heterocycles. The van der Waals surface area contributed by atoms with Gasteiger partial charge in [-0.15, -0.1) is 0 Å². The summed E-state index contributed by atoms with van der Waals surface area (Å²) in [6, 6.07) is 1.32. The van der Waals surface area contributed by atoms with Gasteiger partial charge in [0.25, 0.3) is 0 Å². The normalized spacial score (nSPS) is 26.3. The highest BCUT2D eigenvalue weighted by Gasteiger charge is 2.43. The topological polar surface area (TPSA) is 151 Å². The van der Waals surface area contributed by atoms with Gasteiger partial charge in [-0.05, 0) is 13.0 Å². The van der Waals surface area contributed by atoms with E-state index in [1.807, 2.05) is 0 Å². The quantitative estimate of drug-likeness (QED) is 0.471. The lowest BCUT2D eigenvalue weighted by Gasteiger charge is -2.17. The molecule has 2 rings (SSSR count). The molecule has 1 saturated heterocycles. The van der Waals surface area contributed by atoms with Gasteiger partial charge in [0.1, 0.15) is 29.9 Å². The first-order valence-corrected chi connectivity index (χ1v) is 7.34. The van der Waals surface area contributed by atoms with E-state index in [-0.39, 0.29) is 24.4 Å². The number of nitrogens with one attached hydrogen (secondary N) is 1. The molecule has 0 saturated carbocycles. The van der Waals surface area contributed by atoms with E-state index in [4.69, 9.17) is 9.84 Å². The number of carbonyl (C=O) groups excluding carboxylic acids is 2. The van der Waals surface area contributed by atoms with Crippen LogP contribution in [-0.4, -0.2) is 61.5 Å². The highest BCUT2D eigenvalue weighted by molar-refractivity contribution is 5.92. The third-order valence-electron chi connectivity index (χ3n) is 3.59. The fourth-order valence-electron chi connectivity index (χ4n) is 2.28. The lowest BCUT2D eigenvalue weighted by molar-refractivity contribution is -0.121. The van der Waals surface area contributed by atoms with Gasteiger partial charge >= 0.3 is 5.69 Å². The lowest BCUT2D eigenvalue weighted by Crippen LogP contribution is -2.36. The van der Waals surface area contributed by atoms with Crippen LogP contribution in [0.1, 0.15) is 26.0 Å². The van der Waals surface area contributed by atoms with Crippen LogP contribution in [0.4, 0.5) is 5.82 Å². The van der Waals surface area contributed by atoms with E-state index >= 15 is 0 Å². The molecular weight excluding hydrogens is 322 g/mol.